The summed E-state index contributed by atoms with van der Waals surface area (Å²) < 4.78 is 5.36. The number of amides is 3. The number of likely N-dealkylation sites (tertiary alicyclic amines) is 1. The van der Waals surface area contributed by atoms with Gasteiger partial charge in [0.1, 0.15) is 5.75 Å². The third-order valence-corrected chi connectivity index (χ3v) is 4.94. The van der Waals surface area contributed by atoms with E-state index in [-0.39, 0.29) is 42.5 Å². The monoisotopic (exact) mass is 344 g/mol. The quantitative estimate of drug-likeness (QED) is 0.805. The summed E-state index contributed by atoms with van der Waals surface area (Å²) in [6.45, 7) is 2.66. The molecule has 6 heteroatoms. The second kappa shape index (κ2) is 7.68. The van der Waals surface area contributed by atoms with Crippen LogP contribution in [0.5, 0.6) is 5.75 Å². The highest BCUT2D eigenvalue weighted by Crippen LogP contribution is 2.37. The summed E-state index contributed by atoms with van der Waals surface area (Å²) in [6, 6.07) is 7.11. The number of hydrogen-bond donors (Lipinski definition) is 1. The summed E-state index contributed by atoms with van der Waals surface area (Å²) >= 11 is 0. The molecule has 1 aromatic rings. The number of anilines is 1. The first-order valence-electron chi connectivity index (χ1n) is 8.98. The van der Waals surface area contributed by atoms with Gasteiger partial charge in [-0.1, -0.05) is 12.8 Å². The van der Waals surface area contributed by atoms with Crippen molar-refractivity contribution in [2.75, 3.05) is 18.5 Å². The topological polar surface area (TPSA) is 75.7 Å². The molecule has 0 aromatic heterocycles. The molecule has 0 bridgehead atoms. The van der Waals surface area contributed by atoms with Crippen LogP contribution >= 0.6 is 0 Å². The lowest BCUT2D eigenvalue weighted by Crippen LogP contribution is -2.34. The van der Waals surface area contributed by atoms with Gasteiger partial charge in [-0.05, 0) is 44.0 Å². The molecule has 3 rings (SSSR count). The van der Waals surface area contributed by atoms with Crippen molar-refractivity contribution < 1.29 is 19.1 Å². The van der Waals surface area contributed by atoms with Crippen LogP contribution in [0.3, 0.4) is 0 Å². The molecule has 1 saturated heterocycles. The Kier molecular flexibility index (Phi) is 5.36. The second-order valence-electron chi connectivity index (χ2n) is 6.58. The number of benzene rings is 1. The van der Waals surface area contributed by atoms with Crippen LogP contribution in [0.25, 0.3) is 0 Å². The maximum atomic E-state index is 12.4. The summed E-state index contributed by atoms with van der Waals surface area (Å²) in [6.07, 6.45) is 3.72. The molecule has 0 unspecified atom stereocenters. The molecule has 6 nitrogen and oxygen atoms in total. The third-order valence-electron chi connectivity index (χ3n) is 4.94. The van der Waals surface area contributed by atoms with Crippen LogP contribution in [0.15, 0.2) is 24.3 Å². The van der Waals surface area contributed by atoms with E-state index in [9.17, 15) is 14.4 Å². The van der Waals surface area contributed by atoms with E-state index in [1.807, 2.05) is 6.92 Å². The average Bonchev–Trinajstić information content (AvgIpc) is 2.86. The van der Waals surface area contributed by atoms with Crippen molar-refractivity contribution in [3.63, 3.8) is 0 Å². The Morgan fingerprint density at radius 2 is 1.72 bits per heavy atom. The molecule has 1 aliphatic heterocycles. The third kappa shape index (κ3) is 3.83. The van der Waals surface area contributed by atoms with E-state index in [0.29, 0.717) is 12.3 Å². The molecule has 2 aliphatic rings. The van der Waals surface area contributed by atoms with Crippen LogP contribution < -0.4 is 10.1 Å². The Hall–Kier alpha value is -2.37. The zero-order chi connectivity index (χ0) is 17.8. The molecule has 0 spiro atoms. The molecule has 1 N–H and O–H groups in total. The molecule has 0 radical (unpaired) electrons. The smallest absolute Gasteiger partial charge is 0.233 e. The van der Waals surface area contributed by atoms with Crippen molar-refractivity contribution in [1.82, 2.24) is 4.90 Å². The molecule has 2 fully saturated rings. The fraction of sp³-hybridized carbons (Fsp3) is 0.526. The van der Waals surface area contributed by atoms with Crippen molar-refractivity contribution in [3.8, 4) is 5.75 Å². The second-order valence-corrected chi connectivity index (χ2v) is 6.58. The number of nitrogens with zero attached hydrogens (tertiary/aromatic N) is 1. The number of rotatable bonds is 6. The van der Waals surface area contributed by atoms with Gasteiger partial charge < -0.3 is 10.1 Å². The van der Waals surface area contributed by atoms with E-state index in [4.69, 9.17) is 4.74 Å². The highest BCUT2D eigenvalue weighted by Gasteiger charge is 2.47. The Morgan fingerprint density at radius 1 is 1.12 bits per heavy atom. The van der Waals surface area contributed by atoms with Crippen LogP contribution in [0.1, 0.15) is 39.0 Å². The summed E-state index contributed by atoms with van der Waals surface area (Å²) in [5, 5.41) is 2.78. The summed E-state index contributed by atoms with van der Waals surface area (Å²) in [5.41, 5.74) is 0.668. The minimum absolute atomic E-state index is 0.0939. The van der Waals surface area contributed by atoms with Gasteiger partial charge in [-0.2, -0.15) is 0 Å². The van der Waals surface area contributed by atoms with Gasteiger partial charge in [0, 0.05) is 18.7 Å². The number of carbonyl (C=O) groups is 3. The fourth-order valence-electron chi connectivity index (χ4n) is 3.69. The van der Waals surface area contributed by atoms with E-state index in [0.717, 1.165) is 31.4 Å². The normalized spacial score (nSPS) is 22.7. The maximum absolute atomic E-state index is 12.4. The lowest BCUT2D eigenvalue weighted by Gasteiger charge is -2.19. The molecule has 3 amide bonds. The highest BCUT2D eigenvalue weighted by molar-refractivity contribution is 6.05. The van der Waals surface area contributed by atoms with E-state index < -0.39 is 0 Å². The van der Waals surface area contributed by atoms with Gasteiger partial charge in [-0.3, -0.25) is 19.3 Å². The van der Waals surface area contributed by atoms with Crippen LogP contribution in [0, 0.1) is 11.8 Å². The van der Waals surface area contributed by atoms with Gasteiger partial charge in [0.05, 0.1) is 18.4 Å². The lowest BCUT2D eigenvalue weighted by molar-refractivity contribution is -0.140. The minimum atomic E-state index is -0.209. The molecule has 25 heavy (non-hydrogen) atoms. The van der Waals surface area contributed by atoms with E-state index in [1.165, 1.54) is 4.90 Å². The number of hydrogen-bond acceptors (Lipinski definition) is 4. The molecule has 1 saturated carbocycles. The van der Waals surface area contributed by atoms with Crippen molar-refractivity contribution >= 4 is 23.4 Å². The molecule has 1 heterocycles. The van der Waals surface area contributed by atoms with Gasteiger partial charge >= 0.3 is 0 Å². The van der Waals surface area contributed by atoms with Crippen molar-refractivity contribution in [1.29, 1.82) is 0 Å². The molecule has 134 valence electrons. The van der Waals surface area contributed by atoms with Gasteiger partial charge in [0.2, 0.25) is 17.7 Å². The highest BCUT2D eigenvalue weighted by atomic mass is 16.5. The summed E-state index contributed by atoms with van der Waals surface area (Å²) in [7, 11) is 0. The van der Waals surface area contributed by atoms with E-state index >= 15 is 0 Å². The van der Waals surface area contributed by atoms with Gasteiger partial charge in [-0.15, -0.1) is 0 Å². The Bertz CT molecular complexity index is 632. The van der Waals surface area contributed by atoms with Gasteiger partial charge in [-0.25, -0.2) is 0 Å². The standard InChI is InChI=1S/C19H24N2O4/c1-2-25-14-9-7-13(8-10-14)20-17(22)11-12-21-18(23)15-5-3-4-6-16(15)19(21)24/h7-10,15-16H,2-6,11-12H2,1H3,(H,20,22)/t15-,16+. The van der Waals surface area contributed by atoms with E-state index in [1.54, 1.807) is 24.3 Å². The molecule has 1 aromatic carbocycles. The number of fused-ring (bicyclic) bond motifs is 1. The van der Waals surface area contributed by atoms with Gasteiger partial charge in [0.25, 0.3) is 0 Å². The number of imide groups is 1. The largest absolute Gasteiger partial charge is 0.494 e. The Labute approximate surface area is 147 Å². The average molecular weight is 344 g/mol. The van der Waals surface area contributed by atoms with Crippen LogP contribution in [-0.2, 0) is 14.4 Å². The number of ether oxygens (including phenoxy) is 1. The number of carbonyl (C=O) groups excluding carboxylic acids is 3. The molecule has 1 aliphatic carbocycles. The lowest BCUT2D eigenvalue weighted by atomic mass is 9.81. The summed E-state index contributed by atoms with van der Waals surface area (Å²) in [5.74, 6) is 0.0361. The van der Waals surface area contributed by atoms with Crippen LogP contribution in [0.4, 0.5) is 5.69 Å². The van der Waals surface area contributed by atoms with Crippen LogP contribution in [0.2, 0.25) is 0 Å². The molecule has 2 atom stereocenters. The molecular formula is C19H24N2O4. The predicted molar refractivity (Wildman–Crippen MR) is 93.0 cm³/mol. The first-order valence-corrected chi connectivity index (χ1v) is 8.98. The molecular weight excluding hydrogens is 320 g/mol. The predicted octanol–water partition coefficient (Wildman–Crippen LogP) is 2.59. The first-order chi connectivity index (χ1) is 12.1. The van der Waals surface area contributed by atoms with Crippen molar-refractivity contribution in [2.45, 2.75) is 39.0 Å². The Morgan fingerprint density at radius 3 is 2.28 bits per heavy atom. The maximum Gasteiger partial charge on any atom is 0.233 e. The van der Waals surface area contributed by atoms with Gasteiger partial charge in [0.15, 0.2) is 0 Å². The van der Waals surface area contributed by atoms with Crippen molar-refractivity contribution in [3.05, 3.63) is 24.3 Å². The zero-order valence-corrected chi connectivity index (χ0v) is 14.5. The fourth-order valence-corrected chi connectivity index (χ4v) is 3.69. The van der Waals surface area contributed by atoms with Crippen LogP contribution in [-0.4, -0.2) is 35.8 Å². The number of nitrogens with one attached hydrogen (secondary N) is 1. The first kappa shape index (κ1) is 17.5. The van der Waals surface area contributed by atoms with E-state index in [2.05, 4.69) is 5.32 Å². The summed E-state index contributed by atoms with van der Waals surface area (Å²) in [4.78, 5) is 38.2. The van der Waals surface area contributed by atoms with Crippen molar-refractivity contribution in [2.24, 2.45) is 11.8 Å². The zero-order valence-electron chi connectivity index (χ0n) is 14.5. The SMILES string of the molecule is CCOc1ccc(NC(=O)CCN2C(=O)[C@H]3CCCC[C@H]3C2=O)cc1. The minimum Gasteiger partial charge on any atom is -0.494 e. The Balaban J connectivity index is 1.52.